The summed E-state index contributed by atoms with van der Waals surface area (Å²) in [5.74, 6) is -1.56. The van der Waals surface area contributed by atoms with Crippen LogP contribution in [0.3, 0.4) is 0 Å². The molecule has 1 N–H and O–H groups in total. The summed E-state index contributed by atoms with van der Waals surface area (Å²) < 4.78 is 17.6. The third-order valence-electron chi connectivity index (χ3n) is 3.09. The molecule has 0 aliphatic heterocycles. The number of nitrogens with one attached hydrogen (secondary N) is 1. The predicted molar refractivity (Wildman–Crippen MR) is 94.0 cm³/mol. The summed E-state index contributed by atoms with van der Waals surface area (Å²) in [6, 6.07) is 5.54. The number of ether oxygens (including phenoxy) is 1. The van der Waals surface area contributed by atoms with Crippen LogP contribution in [-0.2, 0) is 14.3 Å². The van der Waals surface area contributed by atoms with E-state index in [0.29, 0.717) is 16.1 Å². The largest absolute Gasteiger partial charge is 0.452 e. The molecule has 1 aromatic carbocycles. The Morgan fingerprint density at radius 1 is 1.28 bits per heavy atom. The van der Waals surface area contributed by atoms with E-state index in [1.165, 1.54) is 36.5 Å². The average molecular weight is 383 g/mol. The first-order valence-corrected chi connectivity index (χ1v) is 7.83. The highest BCUT2D eigenvalue weighted by Gasteiger charge is 2.12. The van der Waals surface area contributed by atoms with Crippen molar-refractivity contribution in [2.24, 2.45) is 0 Å². The fourth-order valence-corrected chi connectivity index (χ4v) is 2.12. The molecule has 0 radical (unpaired) electrons. The second-order valence-corrected chi connectivity index (χ2v) is 5.72. The summed E-state index contributed by atoms with van der Waals surface area (Å²) in [4.78, 5) is 27.3. The molecule has 0 bridgehead atoms. The Kier molecular flexibility index (Phi) is 6.50. The highest BCUT2D eigenvalue weighted by atomic mass is 35.5. The number of pyridine rings is 1. The van der Waals surface area contributed by atoms with Gasteiger partial charge in [-0.3, -0.25) is 4.79 Å². The van der Waals surface area contributed by atoms with Gasteiger partial charge in [-0.15, -0.1) is 0 Å². The fourth-order valence-electron chi connectivity index (χ4n) is 1.74. The lowest BCUT2D eigenvalue weighted by molar-refractivity contribution is -0.142. The molecule has 0 aliphatic rings. The molecular weight excluding hydrogens is 370 g/mol. The van der Waals surface area contributed by atoms with E-state index in [-0.39, 0.29) is 16.7 Å². The fraction of sp³-hybridized carbons (Fsp3) is 0.118. The minimum atomic E-state index is -0.717. The number of halogens is 3. The zero-order valence-electron chi connectivity index (χ0n) is 13.1. The molecule has 1 amide bonds. The van der Waals surface area contributed by atoms with Crippen molar-refractivity contribution in [3.05, 3.63) is 63.5 Å². The lowest BCUT2D eigenvalue weighted by Crippen LogP contribution is -2.21. The summed E-state index contributed by atoms with van der Waals surface area (Å²) >= 11 is 11.9. The van der Waals surface area contributed by atoms with Gasteiger partial charge >= 0.3 is 5.97 Å². The minimum Gasteiger partial charge on any atom is -0.452 e. The lowest BCUT2D eigenvalue weighted by atomic mass is 10.2. The number of esters is 1. The molecule has 130 valence electrons. The van der Waals surface area contributed by atoms with Gasteiger partial charge in [0.2, 0.25) is 0 Å². The molecule has 0 unspecified atom stereocenters. The smallest absolute Gasteiger partial charge is 0.331 e. The molecule has 0 saturated carbocycles. The number of carbonyl (C=O) groups is 2. The topological polar surface area (TPSA) is 68.3 Å². The van der Waals surface area contributed by atoms with Gasteiger partial charge in [0.05, 0.1) is 10.0 Å². The third-order valence-corrected chi connectivity index (χ3v) is 3.93. The van der Waals surface area contributed by atoms with Gasteiger partial charge < -0.3 is 10.1 Å². The van der Waals surface area contributed by atoms with Crippen LogP contribution in [0.1, 0.15) is 11.1 Å². The van der Waals surface area contributed by atoms with Crippen LogP contribution in [0, 0.1) is 12.7 Å². The quantitative estimate of drug-likeness (QED) is 0.625. The second kappa shape index (κ2) is 8.60. The Bertz CT molecular complexity index is 823. The van der Waals surface area contributed by atoms with Crippen LogP contribution in [-0.4, -0.2) is 23.5 Å². The van der Waals surface area contributed by atoms with E-state index in [0.717, 1.165) is 6.08 Å². The molecule has 0 atom stereocenters. The first-order chi connectivity index (χ1) is 11.9. The first-order valence-electron chi connectivity index (χ1n) is 7.07. The van der Waals surface area contributed by atoms with Crippen LogP contribution in [0.4, 0.5) is 10.2 Å². The van der Waals surface area contributed by atoms with Crippen molar-refractivity contribution in [1.82, 2.24) is 4.98 Å². The molecule has 1 heterocycles. The van der Waals surface area contributed by atoms with E-state index in [1.54, 1.807) is 6.92 Å². The lowest BCUT2D eigenvalue weighted by Gasteiger charge is -2.09. The summed E-state index contributed by atoms with van der Waals surface area (Å²) in [6.07, 6.45) is 3.94. The van der Waals surface area contributed by atoms with Crippen molar-refractivity contribution in [2.75, 3.05) is 11.9 Å². The van der Waals surface area contributed by atoms with Crippen molar-refractivity contribution in [2.45, 2.75) is 6.92 Å². The SMILES string of the molecule is Cc1c(Cl)cnc(NC(=O)COC(=O)/C=C/c2ccc(F)cc2)c1Cl. The monoisotopic (exact) mass is 382 g/mol. The van der Waals surface area contributed by atoms with Crippen LogP contribution in [0.5, 0.6) is 0 Å². The Morgan fingerprint density at radius 2 is 1.96 bits per heavy atom. The van der Waals surface area contributed by atoms with E-state index in [1.807, 2.05) is 0 Å². The van der Waals surface area contributed by atoms with E-state index in [2.05, 4.69) is 10.3 Å². The van der Waals surface area contributed by atoms with Gasteiger partial charge in [-0.25, -0.2) is 14.2 Å². The summed E-state index contributed by atoms with van der Waals surface area (Å²) in [7, 11) is 0. The average Bonchev–Trinajstić information content (AvgIpc) is 2.60. The molecule has 0 fully saturated rings. The molecule has 0 aliphatic carbocycles. The number of anilines is 1. The number of hydrogen-bond acceptors (Lipinski definition) is 4. The standard InChI is InChI=1S/C17H13Cl2FN2O3/c1-10-13(18)8-21-17(16(10)19)22-14(23)9-25-15(24)7-4-11-2-5-12(20)6-3-11/h2-8H,9H2,1H3,(H,21,22,23)/b7-4+. The zero-order chi connectivity index (χ0) is 18.4. The van der Waals surface area contributed by atoms with Crippen molar-refractivity contribution >= 4 is 47.0 Å². The van der Waals surface area contributed by atoms with Crippen molar-refractivity contribution < 1.29 is 18.7 Å². The highest BCUT2D eigenvalue weighted by Crippen LogP contribution is 2.28. The molecule has 1 aromatic heterocycles. The summed E-state index contributed by atoms with van der Waals surface area (Å²) in [5, 5.41) is 3.02. The molecule has 2 aromatic rings. The number of hydrogen-bond donors (Lipinski definition) is 1. The second-order valence-electron chi connectivity index (χ2n) is 4.93. The maximum atomic E-state index is 12.8. The van der Waals surface area contributed by atoms with E-state index in [9.17, 15) is 14.0 Å². The van der Waals surface area contributed by atoms with Gasteiger partial charge in [0, 0.05) is 12.3 Å². The minimum absolute atomic E-state index is 0.131. The molecule has 0 saturated heterocycles. The molecule has 2 rings (SSSR count). The maximum absolute atomic E-state index is 12.8. The number of amides is 1. The number of rotatable bonds is 5. The van der Waals surface area contributed by atoms with Crippen LogP contribution in [0.25, 0.3) is 6.08 Å². The summed E-state index contributed by atoms with van der Waals surface area (Å²) in [6.45, 7) is 1.18. The Balaban J connectivity index is 1.86. The highest BCUT2D eigenvalue weighted by molar-refractivity contribution is 6.37. The van der Waals surface area contributed by atoms with Gasteiger partial charge in [-0.05, 0) is 36.3 Å². The van der Waals surface area contributed by atoms with Crippen LogP contribution >= 0.6 is 23.2 Å². The van der Waals surface area contributed by atoms with Crippen molar-refractivity contribution in [3.8, 4) is 0 Å². The van der Waals surface area contributed by atoms with Gasteiger partial charge in [0.15, 0.2) is 12.4 Å². The van der Waals surface area contributed by atoms with Gasteiger partial charge in [0.1, 0.15) is 5.82 Å². The molecule has 8 heteroatoms. The summed E-state index contributed by atoms with van der Waals surface area (Å²) in [5.41, 5.74) is 1.20. The predicted octanol–water partition coefficient (Wildman–Crippen LogP) is 4.03. The Labute approximate surface area is 153 Å². The van der Waals surface area contributed by atoms with E-state index in [4.69, 9.17) is 27.9 Å². The van der Waals surface area contributed by atoms with Crippen molar-refractivity contribution in [3.63, 3.8) is 0 Å². The number of aromatic nitrogens is 1. The Morgan fingerprint density at radius 3 is 2.64 bits per heavy atom. The molecule has 5 nitrogen and oxygen atoms in total. The van der Waals surface area contributed by atoms with Gasteiger partial charge in [-0.2, -0.15) is 0 Å². The van der Waals surface area contributed by atoms with E-state index >= 15 is 0 Å². The number of nitrogens with zero attached hydrogens (tertiary/aromatic N) is 1. The zero-order valence-corrected chi connectivity index (χ0v) is 14.6. The molecular formula is C17H13Cl2FN2O3. The number of benzene rings is 1. The van der Waals surface area contributed by atoms with Crippen molar-refractivity contribution in [1.29, 1.82) is 0 Å². The maximum Gasteiger partial charge on any atom is 0.331 e. The Hall–Kier alpha value is -2.44. The number of carbonyl (C=O) groups excluding carboxylic acids is 2. The normalized spacial score (nSPS) is 10.7. The van der Waals surface area contributed by atoms with E-state index < -0.39 is 18.5 Å². The van der Waals surface area contributed by atoms with Crippen LogP contribution < -0.4 is 5.32 Å². The van der Waals surface area contributed by atoms with Gasteiger partial charge in [0.25, 0.3) is 5.91 Å². The molecule has 25 heavy (non-hydrogen) atoms. The molecule has 0 spiro atoms. The first kappa shape index (κ1) is 18.9. The third kappa shape index (κ3) is 5.55. The van der Waals surface area contributed by atoms with Gasteiger partial charge in [-0.1, -0.05) is 35.3 Å². The van der Waals surface area contributed by atoms with Crippen LogP contribution in [0.2, 0.25) is 10.0 Å². The van der Waals surface area contributed by atoms with Crippen LogP contribution in [0.15, 0.2) is 36.5 Å².